The lowest BCUT2D eigenvalue weighted by atomic mass is 9.87. The van der Waals surface area contributed by atoms with E-state index in [-0.39, 0.29) is 0 Å². The van der Waals surface area contributed by atoms with Crippen molar-refractivity contribution in [3.05, 3.63) is 23.2 Å². The first-order valence-corrected chi connectivity index (χ1v) is 7.25. The Labute approximate surface area is 115 Å². The van der Waals surface area contributed by atoms with Gasteiger partial charge < -0.3 is 10.1 Å². The van der Waals surface area contributed by atoms with Gasteiger partial charge in [0.1, 0.15) is 5.75 Å². The third-order valence-electron chi connectivity index (χ3n) is 3.76. The molecule has 1 fully saturated rings. The van der Waals surface area contributed by atoms with Gasteiger partial charge >= 0.3 is 0 Å². The molecule has 1 aromatic carbocycles. The molecule has 3 heteroatoms. The van der Waals surface area contributed by atoms with Crippen LogP contribution in [0, 0.1) is 5.92 Å². The maximum Gasteiger partial charge on any atom is 0.137 e. The van der Waals surface area contributed by atoms with Crippen molar-refractivity contribution >= 4 is 17.3 Å². The molecule has 0 spiro atoms. The molecule has 0 heterocycles. The summed E-state index contributed by atoms with van der Waals surface area (Å²) in [4.78, 5) is 0. The third kappa shape index (κ3) is 3.81. The van der Waals surface area contributed by atoms with E-state index in [9.17, 15) is 0 Å². The number of nitrogens with one attached hydrogen (secondary N) is 1. The van der Waals surface area contributed by atoms with E-state index in [0.717, 1.165) is 23.9 Å². The van der Waals surface area contributed by atoms with Crippen LogP contribution in [-0.2, 0) is 0 Å². The molecule has 1 aliphatic carbocycles. The number of halogens is 1. The van der Waals surface area contributed by atoms with Crippen molar-refractivity contribution in [2.24, 2.45) is 5.92 Å². The molecule has 100 valence electrons. The fourth-order valence-corrected chi connectivity index (χ4v) is 2.93. The Morgan fingerprint density at radius 3 is 2.72 bits per heavy atom. The van der Waals surface area contributed by atoms with Gasteiger partial charge in [-0.1, -0.05) is 43.7 Å². The van der Waals surface area contributed by atoms with Crippen molar-refractivity contribution in [1.82, 2.24) is 0 Å². The molecule has 2 nitrogen and oxygen atoms in total. The van der Waals surface area contributed by atoms with Gasteiger partial charge in [0.15, 0.2) is 0 Å². The molecular weight excluding hydrogens is 246 g/mol. The first kappa shape index (κ1) is 13.5. The highest BCUT2D eigenvalue weighted by atomic mass is 35.5. The van der Waals surface area contributed by atoms with Gasteiger partial charge in [-0.15, -0.1) is 0 Å². The molecule has 0 bridgehead atoms. The van der Waals surface area contributed by atoms with Crippen LogP contribution in [0.5, 0.6) is 5.75 Å². The van der Waals surface area contributed by atoms with E-state index in [1.165, 1.54) is 38.5 Å². The molecule has 0 unspecified atom stereocenters. The van der Waals surface area contributed by atoms with Gasteiger partial charge in [0.2, 0.25) is 0 Å². The number of hydrogen-bond acceptors (Lipinski definition) is 2. The second-order valence-electron chi connectivity index (χ2n) is 5.07. The Kier molecular flexibility index (Phi) is 5.18. The normalized spacial score (nSPS) is 16.6. The SMILES string of the molecule is COc1ccc(NCCC2CCCCC2)cc1Cl. The van der Waals surface area contributed by atoms with Crippen molar-refractivity contribution in [3.63, 3.8) is 0 Å². The lowest BCUT2D eigenvalue weighted by Crippen LogP contribution is -2.12. The predicted octanol–water partition coefficient (Wildman–Crippen LogP) is 4.73. The molecule has 1 aliphatic rings. The number of rotatable bonds is 5. The Balaban J connectivity index is 1.77. The molecule has 0 aromatic heterocycles. The Morgan fingerprint density at radius 2 is 2.06 bits per heavy atom. The van der Waals surface area contributed by atoms with Crippen LogP contribution in [0.3, 0.4) is 0 Å². The number of hydrogen-bond donors (Lipinski definition) is 1. The summed E-state index contributed by atoms with van der Waals surface area (Å²) in [6.07, 6.45) is 8.34. The minimum absolute atomic E-state index is 0.667. The molecule has 1 saturated carbocycles. The standard InChI is InChI=1S/C15H22ClNO/c1-18-15-8-7-13(11-14(15)16)17-10-9-12-5-3-2-4-6-12/h7-8,11-12,17H,2-6,9-10H2,1H3. The summed E-state index contributed by atoms with van der Waals surface area (Å²) in [6, 6.07) is 5.86. The van der Waals surface area contributed by atoms with Crippen molar-refractivity contribution < 1.29 is 4.74 Å². The lowest BCUT2D eigenvalue weighted by Gasteiger charge is -2.21. The molecule has 0 atom stereocenters. The summed E-state index contributed by atoms with van der Waals surface area (Å²) >= 11 is 6.09. The first-order chi connectivity index (χ1) is 8.79. The van der Waals surface area contributed by atoms with Crippen molar-refractivity contribution in [3.8, 4) is 5.75 Å². The van der Waals surface area contributed by atoms with Crippen LogP contribution in [0.2, 0.25) is 5.02 Å². The quantitative estimate of drug-likeness (QED) is 0.833. The highest BCUT2D eigenvalue weighted by molar-refractivity contribution is 6.32. The molecule has 18 heavy (non-hydrogen) atoms. The second kappa shape index (κ2) is 6.89. The van der Waals surface area contributed by atoms with Crippen LogP contribution in [0.25, 0.3) is 0 Å². The summed E-state index contributed by atoms with van der Waals surface area (Å²) in [6.45, 7) is 1.04. The summed E-state index contributed by atoms with van der Waals surface area (Å²) in [5, 5.41) is 4.11. The van der Waals surface area contributed by atoms with Crippen LogP contribution in [0.1, 0.15) is 38.5 Å². The van der Waals surface area contributed by atoms with Crippen LogP contribution in [0.15, 0.2) is 18.2 Å². The van der Waals surface area contributed by atoms with E-state index in [4.69, 9.17) is 16.3 Å². The summed E-state index contributed by atoms with van der Waals surface area (Å²) < 4.78 is 5.14. The zero-order valence-corrected chi connectivity index (χ0v) is 11.8. The van der Waals surface area contributed by atoms with E-state index in [1.54, 1.807) is 7.11 Å². The Morgan fingerprint density at radius 1 is 1.28 bits per heavy atom. The summed E-state index contributed by atoms with van der Waals surface area (Å²) in [5.74, 6) is 1.65. The smallest absolute Gasteiger partial charge is 0.137 e. The third-order valence-corrected chi connectivity index (χ3v) is 4.05. The molecule has 2 rings (SSSR count). The van der Waals surface area contributed by atoms with Crippen LogP contribution >= 0.6 is 11.6 Å². The Bertz CT molecular complexity index is 375. The minimum atomic E-state index is 0.667. The van der Waals surface area contributed by atoms with E-state index in [2.05, 4.69) is 5.32 Å². The minimum Gasteiger partial charge on any atom is -0.495 e. The van der Waals surface area contributed by atoms with Gasteiger partial charge in [0, 0.05) is 12.2 Å². The molecular formula is C15H22ClNO. The van der Waals surface area contributed by atoms with E-state index in [1.807, 2.05) is 18.2 Å². The Hall–Kier alpha value is -0.890. The fourth-order valence-electron chi connectivity index (χ4n) is 2.67. The zero-order chi connectivity index (χ0) is 12.8. The van der Waals surface area contributed by atoms with Gasteiger partial charge in [0.05, 0.1) is 12.1 Å². The summed E-state index contributed by atoms with van der Waals surface area (Å²) in [7, 11) is 1.64. The first-order valence-electron chi connectivity index (χ1n) is 6.87. The highest BCUT2D eigenvalue weighted by Gasteiger charge is 2.12. The highest BCUT2D eigenvalue weighted by Crippen LogP contribution is 2.28. The summed E-state index contributed by atoms with van der Waals surface area (Å²) in [5.41, 5.74) is 1.08. The van der Waals surface area contributed by atoms with E-state index in [0.29, 0.717) is 5.02 Å². The average molecular weight is 268 g/mol. The van der Waals surface area contributed by atoms with Crippen LogP contribution in [0.4, 0.5) is 5.69 Å². The fraction of sp³-hybridized carbons (Fsp3) is 0.600. The van der Waals surface area contributed by atoms with Gasteiger partial charge in [-0.25, -0.2) is 0 Å². The largest absolute Gasteiger partial charge is 0.495 e. The van der Waals surface area contributed by atoms with Crippen molar-refractivity contribution in [2.45, 2.75) is 38.5 Å². The average Bonchev–Trinajstić information content (AvgIpc) is 2.40. The van der Waals surface area contributed by atoms with Gasteiger partial charge in [-0.05, 0) is 30.5 Å². The predicted molar refractivity (Wildman–Crippen MR) is 77.7 cm³/mol. The maximum absolute atomic E-state index is 6.09. The molecule has 0 aliphatic heterocycles. The van der Waals surface area contributed by atoms with E-state index < -0.39 is 0 Å². The van der Waals surface area contributed by atoms with Crippen LogP contribution < -0.4 is 10.1 Å². The topological polar surface area (TPSA) is 21.3 Å². The van der Waals surface area contributed by atoms with Gasteiger partial charge in [-0.2, -0.15) is 0 Å². The van der Waals surface area contributed by atoms with Crippen molar-refractivity contribution in [1.29, 1.82) is 0 Å². The van der Waals surface area contributed by atoms with Crippen molar-refractivity contribution in [2.75, 3.05) is 19.0 Å². The maximum atomic E-state index is 6.09. The zero-order valence-electron chi connectivity index (χ0n) is 11.0. The van der Waals surface area contributed by atoms with E-state index >= 15 is 0 Å². The number of methoxy groups -OCH3 is 1. The lowest BCUT2D eigenvalue weighted by molar-refractivity contribution is 0.345. The van der Waals surface area contributed by atoms with Gasteiger partial charge in [0.25, 0.3) is 0 Å². The monoisotopic (exact) mass is 267 g/mol. The number of anilines is 1. The molecule has 0 saturated heterocycles. The van der Waals surface area contributed by atoms with Crippen LogP contribution in [-0.4, -0.2) is 13.7 Å². The number of ether oxygens (including phenoxy) is 1. The molecule has 0 radical (unpaired) electrons. The molecule has 1 aromatic rings. The van der Waals surface area contributed by atoms with Gasteiger partial charge in [-0.3, -0.25) is 0 Å². The molecule has 1 N–H and O–H groups in total. The molecule has 0 amide bonds. The second-order valence-corrected chi connectivity index (χ2v) is 5.48. The number of benzene rings is 1.